The van der Waals surface area contributed by atoms with E-state index in [0.29, 0.717) is 0 Å². The SMILES string of the molecule is Cc1ccsc1[C@@H]1N(c2ccccn2)C(=O)[C@H]2CCCN21. The smallest absolute Gasteiger partial charge is 0.247 e. The van der Waals surface area contributed by atoms with Crippen molar-refractivity contribution in [3.05, 3.63) is 46.3 Å². The molecule has 2 aromatic heterocycles. The molecule has 5 heteroatoms. The van der Waals surface area contributed by atoms with Crippen molar-refractivity contribution < 1.29 is 4.79 Å². The van der Waals surface area contributed by atoms with Crippen LogP contribution in [0.15, 0.2) is 35.8 Å². The van der Waals surface area contributed by atoms with Crippen molar-refractivity contribution >= 4 is 23.1 Å². The molecule has 0 bridgehead atoms. The summed E-state index contributed by atoms with van der Waals surface area (Å²) >= 11 is 1.73. The van der Waals surface area contributed by atoms with Crippen LogP contribution in [0.4, 0.5) is 5.82 Å². The minimum absolute atomic E-state index is 0.0138. The van der Waals surface area contributed by atoms with Gasteiger partial charge in [-0.15, -0.1) is 11.3 Å². The van der Waals surface area contributed by atoms with Crippen LogP contribution in [-0.2, 0) is 4.79 Å². The quantitative estimate of drug-likeness (QED) is 0.855. The summed E-state index contributed by atoms with van der Waals surface area (Å²) in [5.74, 6) is 0.957. The van der Waals surface area contributed by atoms with Gasteiger partial charge in [0.25, 0.3) is 0 Å². The van der Waals surface area contributed by atoms with Gasteiger partial charge in [0.1, 0.15) is 12.0 Å². The first-order valence-electron chi connectivity index (χ1n) is 7.31. The van der Waals surface area contributed by atoms with Crippen molar-refractivity contribution in [2.45, 2.75) is 32.0 Å². The number of fused-ring (bicyclic) bond motifs is 1. The first-order chi connectivity index (χ1) is 10.3. The maximum Gasteiger partial charge on any atom is 0.247 e. The first kappa shape index (κ1) is 13.0. The second-order valence-electron chi connectivity index (χ2n) is 5.63. The fraction of sp³-hybridized carbons (Fsp3) is 0.375. The molecule has 0 radical (unpaired) electrons. The minimum atomic E-state index is 0.0138. The number of aryl methyl sites for hydroxylation is 1. The van der Waals surface area contributed by atoms with Gasteiger partial charge in [-0.3, -0.25) is 14.6 Å². The number of rotatable bonds is 2. The monoisotopic (exact) mass is 299 g/mol. The Balaban J connectivity index is 1.83. The molecule has 2 atom stereocenters. The summed E-state index contributed by atoms with van der Waals surface area (Å²) in [6.45, 7) is 3.11. The predicted octanol–water partition coefficient (Wildman–Crippen LogP) is 2.96. The van der Waals surface area contributed by atoms with E-state index in [4.69, 9.17) is 0 Å². The number of hydrogen-bond acceptors (Lipinski definition) is 4. The fourth-order valence-electron chi connectivity index (χ4n) is 3.43. The Morgan fingerprint density at radius 3 is 2.95 bits per heavy atom. The Bertz CT molecular complexity index is 669. The summed E-state index contributed by atoms with van der Waals surface area (Å²) < 4.78 is 0. The third-order valence-electron chi connectivity index (χ3n) is 4.41. The molecule has 4 rings (SSSR count). The molecule has 2 saturated heterocycles. The molecule has 0 saturated carbocycles. The van der Waals surface area contributed by atoms with E-state index in [1.54, 1.807) is 17.5 Å². The van der Waals surface area contributed by atoms with E-state index in [2.05, 4.69) is 28.3 Å². The van der Waals surface area contributed by atoms with Crippen LogP contribution in [0, 0.1) is 6.92 Å². The summed E-state index contributed by atoms with van der Waals surface area (Å²) in [6, 6.07) is 7.91. The van der Waals surface area contributed by atoms with Crippen LogP contribution in [0.25, 0.3) is 0 Å². The van der Waals surface area contributed by atoms with Crippen molar-refractivity contribution in [3.8, 4) is 0 Å². The highest BCUT2D eigenvalue weighted by molar-refractivity contribution is 7.10. The van der Waals surface area contributed by atoms with Crippen LogP contribution in [0.2, 0.25) is 0 Å². The largest absolute Gasteiger partial charge is 0.274 e. The zero-order valence-corrected chi connectivity index (χ0v) is 12.7. The lowest BCUT2D eigenvalue weighted by Gasteiger charge is -2.28. The van der Waals surface area contributed by atoms with Crippen LogP contribution < -0.4 is 4.90 Å². The van der Waals surface area contributed by atoms with Crippen LogP contribution in [0.3, 0.4) is 0 Å². The molecule has 0 N–H and O–H groups in total. The molecule has 2 fully saturated rings. The molecule has 0 aromatic carbocycles. The van der Waals surface area contributed by atoms with Crippen molar-refractivity contribution in [2.24, 2.45) is 0 Å². The van der Waals surface area contributed by atoms with Crippen molar-refractivity contribution in [3.63, 3.8) is 0 Å². The molecule has 1 amide bonds. The van der Waals surface area contributed by atoms with Crippen molar-refractivity contribution in [1.29, 1.82) is 0 Å². The summed E-state index contributed by atoms with van der Waals surface area (Å²) in [4.78, 5) is 22.8. The number of nitrogens with zero attached hydrogens (tertiary/aromatic N) is 3. The van der Waals surface area contributed by atoms with Gasteiger partial charge in [0.15, 0.2) is 0 Å². The normalized spacial score (nSPS) is 25.6. The Morgan fingerprint density at radius 1 is 1.33 bits per heavy atom. The fourth-order valence-corrected chi connectivity index (χ4v) is 4.46. The third-order valence-corrected chi connectivity index (χ3v) is 5.47. The number of carbonyl (C=O) groups is 1. The zero-order valence-electron chi connectivity index (χ0n) is 11.9. The highest BCUT2D eigenvalue weighted by Crippen LogP contribution is 2.44. The second-order valence-corrected chi connectivity index (χ2v) is 6.58. The van der Waals surface area contributed by atoms with E-state index in [1.165, 1.54) is 10.4 Å². The molecule has 2 aromatic rings. The van der Waals surface area contributed by atoms with Gasteiger partial charge >= 0.3 is 0 Å². The maximum absolute atomic E-state index is 12.9. The average Bonchev–Trinajstić information content (AvgIpc) is 3.18. The second kappa shape index (κ2) is 4.93. The minimum Gasteiger partial charge on any atom is -0.274 e. The molecule has 21 heavy (non-hydrogen) atoms. The summed E-state index contributed by atoms with van der Waals surface area (Å²) in [6.07, 6.45) is 3.83. The molecular formula is C16H17N3OS. The number of thiophene rings is 1. The van der Waals surface area contributed by atoms with Gasteiger partial charge in [-0.1, -0.05) is 6.07 Å². The van der Waals surface area contributed by atoms with E-state index < -0.39 is 0 Å². The Hall–Kier alpha value is -1.72. The van der Waals surface area contributed by atoms with Crippen LogP contribution >= 0.6 is 11.3 Å². The van der Waals surface area contributed by atoms with Crippen LogP contribution in [-0.4, -0.2) is 28.4 Å². The number of amides is 1. The summed E-state index contributed by atoms with van der Waals surface area (Å²) in [5.41, 5.74) is 1.26. The van der Waals surface area contributed by atoms with Gasteiger partial charge in [-0.25, -0.2) is 4.98 Å². The molecule has 2 aliphatic rings. The lowest BCUT2D eigenvalue weighted by Crippen LogP contribution is -2.32. The summed E-state index contributed by atoms with van der Waals surface area (Å²) in [7, 11) is 0. The van der Waals surface area contributed by atoms with Gasteiger partial charge in [0, 0.05) is 17.6 Å². The highest BCUT2D eigenvalue weighted by atomic mass is 32.1. The van der Waals surface area contributed by atoms with E-state index in [1.807, 2.05) is 23.1 Å². The molecular weight excluding hydrogens is 282 g/mol. The third kappa shape index (κ3) is 1.92. The Labute approximate surface area is 128 Å². The first-order valence-corrected chi connectivity index (χ1v) is 8.19. The molecule has 2 aliphatic heterocycles. The summed E-state index contributed by atoms with van der Waals surface area (Å²) in [5, 5.41) is 2.11. The highest BCUT2D eigenvalue weighted by Gasteiger charge is 2.50. The van der Waals surface area contributed by atoms with Crippen molar-refractivity contribution in [2.75, 3.05) is 11.4 Å². The van der Waals surface area contributed by atoms with Crippen LogP contribution in [0.5, 0.6) is 0 Å². The predicted molar refractivity (Wildman–Crippen MR) is 83.2 cm³/mol. The standard InChI is InChI=1S/C16H17N3OS/c1-11-7-10-21-14(11)15-18-9-4-5-12(18)16(20)19(15)13-6-2-3-8-17-13/h2-3,6-8,10,12,15H,4-5,9H2,1H3/t12-,15+/m1/s1. The van der Waals surface area contributed by atoms with E-state index in [-0.39, 0.29) is 18.1 Å². The van der Waals surface area contributed by atoms with Gasteiger partial charge in [0.2, 0.25) is 5.91 Å². The Kier molecular flexibility index (Phi) is 3.05. The van der Waals surface area contributed by atoms with Gasteiger partial charge in [0.05, 0.1) is 6.04 Å². The maximum atomic E-state index is 12.9. The number of aromatic nitrogens is 1. The number of pyridine rings is 1. The molecule has 4 nitrogen and oxygen atoms in total. The average molecular weight is 299 g/mol. The van der Waals surface area contributed by atoms with E-state index in [9.17, 15) is 4.79 Å². The van der Waals surface area contributed by atoms with Crippen LogP contribution in [0.1, 0.15) is 29.4 Å². The van der Waals surface area contributed by atoms with E-state index >= 15 is 0 Å². The lowest BCUT2D eigenvalue weighted by atomic mass is 10.2. The van der Waals surface area contributed by atoms with Gasteiger partial charge in [-0.05, 0) is 48.9 Å². The molecule has 0 unspecified atom stereocenters. The number of anilines is 1. The number of carbonyl (C=O) groups excluding carboxylic acids is 1. The Morgan fingerprint density at radius 2 is 2.24 bits per heavy atom. The number of hydrogen-bond donors (Lipinski definition) is 0. The molecule has 0 spiro atoms. The topological polar surface area (TPSA) is 36.4 Å². The van der Waals surface area contributed by atoms with Crippen molar-refractivity contribution in [1.82, 2.24) is 9.88 Å². The lowest BCUT2D eigenvalue weighted by molar-refractivity contribution is -0.119. The molecule has 4 heterocycles. The van der Waals surface area contributed by atoms with E-state index in [0.717, 1.165) is 25.2 Å². The van der Waals surface area contributed by atoms with Gasteiger partial charge in [-0.2, -0.15) is 0 Å². The zero-order chi connectivity index (χ0) is 14.4. The molecule has 108 valence electrons. The van der Waals surface area contributed by atoms with Gasteiger partial charge < -0.3 is 0 Å². The molecule has 0 aliphatic carbocycles.